The third-order valence-electron chi connectivity index (χ3n) is 3.09. The van der Waals surface area contributed by atoms with E-state index >= 15 is 0 Å². The molecule has 0 fully saturated rings. The number of nitrogens with one attached hydrogen (secondary N) is 2. The zero-order chi connectivity index (χ0) is 15.1. The number of carbonyl (C=O) groups excluding carboxylic acids is 1. The number of carbonyl (C=O) groups is 1. The number of benzene rings is 2. The summed E-state index contributed by atoms with van der Waals surface area (Å²) in [5.41, 5.74) is 3.33. The maximum absolute atomic E-state index is 11.9. The van der Waals surface area contributed by atoms with Gasteiger partial charge in [-0.25, -0.2) is 0 Å². The van der Waals surface area contributed by atoms with Crippen molar-refractivity contribution >= 4 is 17.3 Å². The van der Waals surface area contributed by atoms with E-state index in [1.165, 1.54) is 0 Å². The molecule has 2 rings (SSSR count). The van der Waals surface area contributed by atoms with E-state index in [-0.39, 0.29) is 5.91 Å². The minimum absolute atomic E-state index is 0.0340. The lowest BCUT2D eigenvalue weighted by Gasteiger charge is -2.09. The number of amides is 1. The van der Waals surface area contributed by atoms with Crippen LogP contribution in [0, 0.1) is 18.3 Å². The van der Waals surface area contributed by atoms with Gasteiger partial charge in [-0.05, 0) is 36.8 Å². The van der Waals surface area contributed by atoms with E-state index in [1.54, 1.807) is 12.1 Å². The zero-order valence-corrected chi connectivity index (χ0v) is 11.9. The van der Waals surface area contributed by atoms with Crippen LogP contribution in [0.2, 0.25) is 0 Å². The lowest BCUT2D eigenvalue weighted by Crippen LogP contribution is -2.16. The summed E-state index contributed by atoms with van der Waals surface area (Å²) in [7, 11) is 0. The fourth-order valence-corrected chi connectivity index (χ4v) is 1.94. The maximum atomic E-state index is 11.9. The second-order valence-electron chi connectivity index (χ2n) is 4.73. The number of nitriles is 1. The van der Waals surface area contributed by atoms with Gasteiger partial charge in [-0.15, -0.1) is 0 Å². The van der Waals surface area contributed by atoms with Gasteiger partial charge in [-0.3, -0.25) is 4.79 Å². The molecule has 0 spiro atoms. The average molecular weight is 279 g/mol. The highest BCUT2D eigenvalue weighted by Crippen LogP contribution is 2.13. The van der Waals surface area contributed by atoms with E-state index in [0.29, 0.717) is 18.5 Å². The Bertz CT molecular complexity index is 674. The van der Waals surface area contributed by atoms with Gasteiger partial charge in [-0.1, -0.05) is 24.3 Å². The smallest absolute Gasteiger partial charge is 0.226 e. The van der Waals surface area contributed by atoms with Crippen LogP contribution in [-0.4, -0.2) is 12.5 Å². The Kier molecular flexibility index (Phi) is 4.94. The Labute approximate surface area is 124 Å². The molecular formula is C17H17N3O. The molecule has 0 unspecified atom stereocenters. The van der Waals surface area contributed by atoms with Gasteiger partial charge >= 0.3 is 0 Å². The number of rotatable bonds is 5. The molecule has 21 heavy (non-hydrogen) atoms. The molecule has 2 aromatic rings. The van der Waals surface area contributed by atoms with Crippen molar-refractivity contribution in [1.29, 1.82) is 5.26 Å². The lowest BCUT2D eigenvalue weighted by atomic mass is 10.2. The van der Waals surface area contributed by atoms with Crippen molar-refractivity contribution in [2.24, 2.45) is 0 Å². The highest BCUT2D eigenvalue weighted by Gasteiger charge is 2.04. The minimum atomic E-state index is -0.0340. The normalized spacial score (nSPS) is 9.71. The van der Waals surface area contributed by atoms with Gasteiger partial charge < -0.3 is 10.6 Å². The molecule has 0 aliphatic carbocycles. The third kappa shape index (κ3) is 4.36. The zero-order valence-electron chi connectivity index (χ0n) is 11.9. The Morgan fingerprint density at radius 3 is 2.76 bits per heavy atom. The van der Waals surface area contributed by atoms with Crippen LogP contribution in [0.4, 0.5) is 11.4 Å². The molecule has 2 aromatic carbocycles. The highest BCUT2D eigenvalue weighted by molar-refractivity contribution is 5.91. The van der Waals surface area contributed by atoms with Gasteiger partial charge in [0.05, 0.1) is 11.6 Å². The molecule has 4 heteroatoms. The molecule has 0 saturated carbocycles. The Morgan fingerprint density at radius 2 is 2.00 bits per heavy atom. The summed E-state index contributed by atoms with van der Waals surface area (Å²) in [6.45, 7) is 2.48. The van der Waals surface area contributed by atoms with Crippen LogP contribution in [0.1, 0.15) is 17.5 Å². The van der Waals surface area contributed by atoms with Crippen LogP contribution in [0.25, 0.3) is 0 Å². The van der Waals surface area contributed by atoms with Crippen molar-refractivity contribution in [2.75, 3.05) is 17.2 Å². The van der Waals surface area contributed by atoms with Crippen LogP contribution < -0.4 is 10.6 Å². The second kappa shape index (κ2) is 7.11. The predicted molar refractivity (Wildman–Crippen MR) is 84.1 cm³/mol. The molecular weight excluding hydrogens is 262 g/mol. The number of anilines is 2. The number of hydrogen-bond donors (Lipinski definition) is 2. The fourth-order valence-electron chi connectivity index (χ4n) is 1.94. The van der Waals surface area contributed by atoms with E-state index in [0.717, 1.165) is 16.9 Å². The first-order chi connectivity index (χ1) is 10.2. The van der Waals surface area contributed by atoms with Crippen molar-refractivity contribution in [2.45, 2.75) is 13.3 Å². The van der Waals surface area contributed by atoms with Gasteiger partial charge in [0.15, 0.2) is 0 Å². The molecule has 0 aliphatic heterocycles. The Balaban J connectivity index is 1.82. The summed E-state index contributed by atoms with van der Waals surface area (Å²) < 4.78 is 0. The first-order valence-electron chi connectivity index (χ1n) is 6.78. The summed E-state index contributed by atoms with van der Waals surface area (Å²) in [4.78, 5) is 11.9. The summed E-state index contributed by atoms with van der Waals surface area (Å²) in [5.74, 6) is -0.0340. The summed E-state index contributed by atoms with van der Waals surface area (Å²) >= 11 is 0. The molecule has 0 radical (unpaired) electrons. The second-order valence-corrected chi connectivity index (χ2v) is 4.73. The standard InChI is InChI=1S/C17H17N3O/c1-13-5-2-3-8-16(13)20-17(21)9-10-19-15-7-4-6-14(11-15)12-18/h2-8,11,19H,9-10H2,1H3,(H,20,21). The van der Waals surface area contributed by atoms with Crippen molar-refractivity contribution in [3.05, 3.63) is 59.7 Å². The van der Waals surface area contributed by atoms with Gasteiger partial charge in [0, 0.05) is 24.3 Å². The van der Waals surface area contributed by atoms with Crippen LogP contribution in [0.3, 0.4) is 0 Å². The first-order valence-corrected chi connectivity index (χ1v) is 6.78. The van der Waals surface area contributed by atoms with Crippen molar-refractivity contribution in [3.8, 4) is 6.07 Å². The summed E-state index contributed by atoms with van der Waals surface area (Å²) in [6, 6.07) is 17.0. The summed E-state index contributed by atoms with van der Waals surface area (Å²) in [5, 5.41) is 14.9. The lowest BCUT2D eigenvalue weighted by molar-refractivity contribution is -0.115. The molecule has 0 saturated heterocycles. The maximum Gasteiger partial charge on any atom is 0.226 e. The van der Waals surface area contributed by atoms with Crippen molar-refractivity contribution < 1.29 is 4.79 Å². The molecule has 4 nitrogen and oxygen atoms in total. The van der Waals surface area contributed by atoms with Crippen LogP contribution in [0.15, 0.2) is 48.5 Å². The number of nitrogens with zero attached hydrogens (tertiary/aromatic N) is 1. The molecule has 0 aliphatic rings. The van der Waals surface area contributed by atoms with Crippen LogP contribution in [-0.2, 0) is 4.79 Å². The molecule has 0 aromatic heterocycles. The Hall–Kier alpha value is -2.80. The van der Waals surface area contributed by atoms with Gasteiger partial charge in [-0.2, -0.15) is 5.26 Å². The van der Waals surface area contributed by atoms with Gasteiger partial charge in [0.25, 0.3) is 0 Å². The van der Waals surface area contributed by atoms with E-state index in [1.807, 2.05) is 43.3 Å². The molecule has 1 amide bonds. The van der Waals surface area contributed by atoms with Gasteiger partial charge in [0.2, 0.25) is 5.91 Å². The van der Waals surface area contributed by atoms with Crippen LogP contribution in [0.5, 0.6) is 0 Å². The monoisotopic (exact) mass is 279 g/mol. The summed E-state index contributed by atoms with van der Waals surface area (Å²) in [6.07, 6.45) is 0.366. The number of para-hydroxylation sites is 1. The minimum Gasteiger partial charge on any atom is -0.384 e. The molecule has 0 bridgehead atoms. The average Bonchev–Trinajstić information content (AvgIpc) is 2.50. The quantitative estimate of drug-likeness (QED) is 0.882. The third-order valence-corrected chi connectivity index (χ3v) is 3.09. The van der Waals surface area contributed by atoms with E-state index < -0.39 is 0 Å². The van der Waals surface area contributed by atoms with Crippen LogP contribution >= 0.6 is 0 Å². The van der Waals surface area contributed by atoms with E-state index in [9.17, 15) is 4.79 Å². The van der Waals surface area contributed by atoms with E-state index in [2.05, 4.69) is 16.7 Å². The SMILES string of the molecule is Cc1ccccc1NC(=O)CCNc1cccc(C#N)c1. The van der Waals surface area contributed by atoms with E-state index in [4.69, 9.17) is 5.26 Å². The van der Waals surface area contributed by atoms with Gasteiger partial charge in [0.1, 0.15) is 0 Å². The molecule has 106 valence electrons. The predicted octanol–water partition coefficient (Wildman–Crippen LogP) is 3.31. The van der Waals surface area contributed by atoms with Crippen molar-refractivity contribution in [3.63, 3.8) is 0 Å². The molecule has 2 N–H and O–H groups in total. The Morgan fingerprint density at radius 1 is 1.19 bits per heavy atom. The fraction of sp³-hybridized carbons (Fsp3) is 0.176. The first kappa shape index (κ1) is 14.6. The largest absolute Gasteiger partial charge is 0.384 e. The highest BCUT2D eigenvalue weighted by atomic mass is 16.1. The number of hydrogen-bond acceptors (Lipinski definition) is 3. The number of aryl methyl sites for hydroxylation is 1. The topological polar surface area (TPSA) is 64.9 Å². The van der Waals surface area contributed by atoms with Crippen molar-refractivity contribution in [1.82, 2.24) is 0 Å². The molecule has 0 heterocycles. The molecule has 0 atom stereocenters.